The maximum Gasteiger partial charge on any atom is 0.377 e. The van der Waals surface area contributed by atoms with Crippen molar-refractivity contribution in [2.75, 3.05) is 6.61 Å². The lowest BCUT2D eigenvalue weighted by atomic mass is 10.2. The van der Waals surface area contributed by atoms with Gasteiger partial charge in [-0.2, -0.15) is 0 Å². The van der Waals surface area contributed by atoms with Crippen molar-refractivity contribution < 1.29 is 34.4 Å². The fourth-order valence-corrected chi connectivity index (χ4v) is 1.02. The predicted molar refractivity (Wildman–Crippen MR) is 44.8 cm³/mol. The van der Waals surface area contributed by atoms with Crippen LogP contribution in [-0.2, 0) is 19.1 Å². The Bertz CT molecular complexity index is 319. The summed E-state index contributed by atoms with van der Waals surface area (Å²) in [7, 11) is 0. The second-order valence-corrected chi connectivity index (χ2v) is 2.93. The Labute approximate surface area is 84.5 Å². The summed E-state index contributed by atoms with van der Waals surface area (Å²) in [6.07, 6.45) is -2.81. The van der Waals surface area contributed by atoms with Crippen LogP contribution < -0.4 is 0 Å². The third kappa shape index (κ3) is 2.38. The molecule has 84 valence electrons. The molecule has 0 bridgehead atoms. The van der Waals surface area contributed by atoms with Gasteiger partial charge in [0.15, 0.2) is 11.9 Å². The van der Waals surface area contributed by atoms with E-state index in [1.54, 1.807) is 0 Å². The Hall–Kier alpha value is -1.76. The Morgan fingerprint density at radius 2 is 2.20 bits per heavy atom. The topological polar surface area (TPSA) is 113 Å². The molecule has 1 aliphatic heterocycles. The van der Waals surface area contributed by atoms with E-state index in [1.807, 2.05) is 0 Å². The quantitative estimate of drug-likeness (QED) is 0.529. The highest BCUT2D eigenvalue weighted by Crippen LogP contribution is 2.21. The molecule has 15 heavy (non-hydrogen) atoms. The molecule has 0 aromatic rings. The van der Waals surface area contributed by atoms with Crippen molar-refractivity contribution in [3.63, 3.8) is 0 Å². The Morgan fingerprint density at radius 3 is 2.60 bits per heavy atom. The molecule has 0 unspecified atom stereocenters. The van der Waals surface area contributed by atoms with Gasteiger partial charge in [-0.3, -0.25) is 4.79 Å². The minimum atomic E-state index is -1.41. The van der Waals surface area contributed by atoms with E-state index in [-0.39, 0.29) is 0 Å². The van der Waals surface area contributed by atoms with Gasteiger partial charge in [-0.05, 0) is 0 Å². The van der Waals surface area contributed by atoms with Crippen LogP contribution in [0.25, 0.3) is 0 Å². The molecule has 2 atom stereocenters. The van der Waals surface area contributed by atoms with Crippen LogP contribution in [-0.4, -0.2) is 46.1 Å². The highest BCUT2D eigenvalue weighted by molar-refractivity contribution is 5.89. The van der Waals surface area contributed by atoms with Crippen LogP contribution in [0, 0.1) is 0 Å². The molecule has 0 spiro atoms. The number of ether oxygens (including phenoxy) is 2. The molecule has 0 aliphatic carbocycles. The molecule has 0 saturated heterocycles. The minimum Gasteiger partial charge on any atom is -0.505 e. The van der Waals surface area contributed by atoms with Crippen molar-refractivity contribution in [3.05, 3.63) is 11.5 Å². The van der Waals surface area contributed by atoms with Crippen LogP contribution in [0.15, 0.2) is 11.5 Å². The molecule has 0 amide bonds. The molecule has 7 nitrogen and oxygen atoms in total. The zero-order valence-electron chi connectivity index (χ0n) is 7.84. The largest absolute Gasteiger partial charge is 0.505 e. The number of hydrogen-bond acceptors (Lipinski definition) is 7. The molecule has 7 heteroatoms. The average molecular weight is 218 g/mol. The molecule has 1 aliphatic rings. The molecular weight excluding hydrogens is 208 g/mol. The number of esters is 2. The predicted octanol–water partition coefficient (Wildman–Crippen LogP) is -0.837. The first-order valence-corrected chi connectivity index (χ1v) is 4.08. The van der Waals surface area contributed by atoms with Gasteiger partial charge in [-0.25, -0.2) is 4.79 Å². The zero-order valence-corrected chi connectivity index (χ0v) is 7.84. The van der Waals surface area contributed by atoms with E-state index in [0.29, 0.717) is 0 Å². The maximum absolute atomic E-state index is 10.7. The molecule has 1 heterocycles. The van der Waals surface area contributed by atoms with Crippen molar-refractivity contribution in [1.29, 1.82) is 0 Å². The SMILES string of the molecule is CC(=O)OC[C@@H](O)[C@@H]1OC(=O)C(O)=C1O. The highest BCUT2D eigenvalue weighted by atomic mass is 16.6. The maximum atomic E-state index is 10.7. The van der Waals surface area contributed by atoms with E-state index in [9.17, 15) is 14.7 Å². The molecule has 0 aromatic heterocycles. The van der Waals surface area contributed by atoms with Gasteiger partial charge in [0, 0.05) is 6.92 Å². The Balaban J connectivity index is 2.59. The van der Waals surface area contributed by atoms with Gasteiger partial charge in [-0.1, -0.05) is 0 Å². The summed E-state index contributed by atoms with van der Waals surface area (Å²) in [4.78, 5) is 21.1. The van der Waals surface area contributed by atoms with Crippen molar-refractivity contribution in [2.45, 2.75) is 19.1 Å². The standard InChI is InChI=1S/C8H10O7/c1-3(9)14-2-4(10)7-5(11)6(12)8(13)15-7/h4,7,10-12H,2H2,1H3/t4-,7+/m1/s1. The van der Waals surface area contributed by atoms with Crippen molar-refractivity contribution in [3.8, 4) is 0 Å². The van der Waals surface area contributed by atoms with Crippen LogP contribution in [0.4, 0.5) is 0 Å². The molecule has 3 N–H and O–H groups in total. The fourth-order valence-electron chi connectivity index (χ4n) is 1.02. The van der Waals surface area contributed by atoms with Crippen LogP contribution in [0.1, 0.15) is 6.92 Å². The smallest absolute Gasteiger partial charge is 0.377 e. The summed E-state index contributed by atoms with van der Waals surface area (Å²) < 4.78 is 8.86. The van der Waals surface area contributed by atoms with Gasteiger partial charge in [0.05, 0.1) is 0 Å². The van der Waals surface area contributed by atoms with E-state index < -0.39 is 42.3 Å². The second-order valence-electron chi connectivity index (χ2n) is 2.93. The fraction of sp³-hybridized carbons (Fsp3) is 0.500. The molecule has 0 saturated carbocycles. The summed E-state index contributed by atoms with van der Waals surface area (Å²) in [5.41, 5.74) is 0. The van der Waals surface area contributed by atoms with Gasteiger partial charge in [-0.15, -0.1) is 0 Å². The minimum absolute atomic E-state index is 0.440. The number of carbonyl (C=O) groups is 2. The van der Waals surface area contributed by atoms with E-state index in [4.69, 9.17) is 10.2 Å². The lowest BCUT2D eigenvalue weighted by Gasteiger charge is -2.16. The molecular formula is C8H10O7. The summed E-state index contributed by atoms with van der Waals surface area (Å²) in [5.74, 6) is -3.45. The summed E-state index contributed by atoms with van der Waals surface area (Å²) >= 11 is 0. The number of carbonyl (C=O) groups excluding carboxylic acids is 2. The number of cyclic esters (lactones) is 1. The Kier molecular flexibility index (Phi) is 3.15. The number of rotatable bonds is 3. The number of aliphatic hydroxyl groups is 3. The van der Waals surface area contributed by atoms with Gasteiger partial charge in [0.25, 0.3) is 0 Å². The first kappa shape index (κ1) is 11.3. The third-order valence-corrected chi connectivity index (χ3v) is 1.75. The van der Waals surface area contributed by atoms with Crippen LogP contribution in [0.5, 0.6) is 0 Å². The van der Waals surface area contributed by atoms with E-state index >= 15 is 0 Å². The Morgan fingerprint density at radius 1 is 1.60 bits per heavy atom. The highest BCUT2D eigenvalue weighted by Gasteiger charge is 2.39. The van der Waals surface area contributed by atoms with Crippen molar-refractivity contribution >= 4 is 11.9 Å². The first-order valence-electron chi connectivity index (χ1n) is 4.08. The van der Waals surface area contributed by atoms with Gasteiger partial charge < -0.3 is 24.8 Å². The van der Waals surface area contributed by atoms with Crippen LogP contribution in [0.2, 0.25) is 0 Å². The molecule has 0 fully saturated rings. The summed E-state index contributed by atoms with van der Waals surface area (Å²) in [6.45, 7) is 0.700. The summed E-state index contributed by atoms with van der Waals surface area (Å²) in [6, 6.07) is 0. The average Bonchev–Trinajstić information content (AvgIpc) is 2.42. The zero-order chi connectivity index (χ0) is 11.6. The first-order chi connectivity index (χ1) is 6.93. The van der Waals surface area contributed by atoms with Gasteiger partial charge >= 0.3 is 11.9 Å². The number of aliphatic hydroxyl groups excluding tert-OH is 3. The molecule has 1 rings (SSSR count). The summed E-state index contributed by atoms with van der Waals surface area (Å²) in [5, 5.41) is 27.4. The normalized spacial score (nSPS) is 22.5. The lowest BCUT2D eigenvalue weighted by molar-refractivity contribution is -0.153. The number of hydrogen-bond donors (Lipinski definition) is 3. The molecule has 0 radical (unpaired) electrons. The van der Waals surface area contributed by atoms with E-state index in [1.165, 1.54) is 0 Å². The monoisotopic (exact) mass is 218 g/mol. The third-order valence-electron chi connectivity index (χ3n) is 1.75. The van der Waals surface area contributed by atoms with Crippen molar-refractivity contribution in [1.82, 2.24) is 0 Å². The van der Waals surface area contributed by atoms with Gasteiger partial charge in [0.2, 0.25) is 5.76 Å². The van der Waals surface area contributed by atoms with Crippen molar-refractivity contribution in [2.24, 2.45) is 0 Å². The van der Waals surface area contributed by atoms with Crippen LogP contribution >= 0.6 is 0 Å². The lowest BCUT2D eigenvalue weighted by Crippen LogP contribution is -2.33. The second kappa shape index (κ2) is 4.18. The van der Waals surface area contributed by atoms with Crippen LogP contribution in [0.3, 0.4) is 0 Å². The molecule has 0 aromatic carbocycles. The van der Waals surface area contributed by atoms with E-state index in [2.05, 4.69) is 9.47 Å². The van der Waals surface area contributed by atoms with E-state index in [0.717, 1.165) is 6.92 Å². The van der Waals surface area contributed by atoms with Gasteiger partial charge in [0.1, 0.15) is 12.7 Å².